The lowest BCUT2D eigenvalue weighted by Crippen LogP contribution is -2.30. The van der Waals surface area contributed by atoms with Crippen molar-refractivity contribution in [3.63, 3.8) is 0 Å². The molecule has 112 valence electrons. The molecule has 1 aromatic heterocycles. The van der Waals surface area contributed by atoms with Gasteiger partial charge in [0.2, 0.25) is 5.91 Å². The van der Waals surface area contributed by atoms with Gasteiger partial charge in [-0.2, -0.15) is 5.10 Å². The summed E-state index contributed by atoms with van der Waals surface area (Å²) in [4.78, 5) is 16.0. The first-order valence-electron chi connectivity index (χ1n) is 6.55. The summed E-state index contributed by atoms with van der Waals surface area (Å²) >= 11 is 1.34. The summed E-state index contributed by atoms with van der Waals surface area (Å²) in [6.07, 6.45) is 1.43. The van der Waals surface area contributed by atoms with Crippen LogP contribution in [0.5, 0.6) is 0 Å². The SMILES string of the molecule is COCc1ccc(CNC(=O)[C@@H](C)Sc2ncn[nH]2)cc1. The van der Waals surface area contributed by atoms with Crippen LogP contribution in [0.15, 0.2) is 35.7 Å². The lowest BCUT2D eigenvalue weighted by atomic mass is 10.1. The number of methoxy groups -OCH3 is 1. The van der Waals surface area contributed by atoms with Crippen LogP contribution < -0.4 is 5.32 Å². The first-order chi connectivity index (χ1) is 10.2. The van der Waals surface area contributed by atoms with E-state index in [9.17, 15) is 4.79 Å². The largest absolute Gasteiger partial charge is 0.380 e. The van der Waals surface area contributed by atoms with E-state index in [2.05, 4.69) is 20.5 Å². The number of benzene rings is 1. The quantitative estimate of drug-likeness (QED) is 0.762. The fourth-order valence-electron chi connectivity index (χ4n) is 1.72. The first kappa shape index (κ1) is 15.5. The van der Waals surface area contributed by atoms with E-state index in [1.165, 1.54) is 18.1 Å². The van der Waals surface area contributed by atoms with E-state index in [4.69, 9.17) is 4.74 Å². The van der Waals surface area contributed by atoms with E-state index in [0.717, 1.165) is 11.1 Å². The Morgan fingerprint density at radius 1 is 1.38 bits per heavy atom. The predicted octanol–water partition coefficient (Wildman–Crippen LogP) is 1.75. The topological polar surface area (TPSA) is 79.9 Å². The number of aromatic amines is 1. The summed E-state index contributed by atoms with van der Waals surface area (Å²) in [5.74, 6) is -0.0302. The number of aromatic nitrogens is 3. The number of H-pyrrole nitrogens is 1. The lowest BCUT2D eigenvalue weighted by Gasteiger charge is -2.10. The van der Waals surface area contributed by atoms with Crippen molar-refractivity contribution >= 4 is 17.7 Å². The molecule has 0 aliphatic rings. The maximum absolute atomic E-state index is 12.0. The highest BCUT2D eigenvalue weighted by molar-refractivity contribution is 8.00. The molecule has 1 atom stereocenters. The van der Waals surface area contributed by atoms with Crippen molar-refractivity contribution in [3.8, 4) is 0 Å². The normalized spacial score (nSPS) is 12.1. The summed E-state index contributed by atoms with van der Waals surface area (Å²) in [6, 6.07) is 7.97. The number of nitrogens with one attached hydrogen (secondary N) is 2. The average Bonchev–Trinajstić information content (AvgIpc) is 2.99. The molecule has 0 spiro atoms. The van der Waals surface area contributed by atoms with Crippen LogP contribution in [0.3, 0.4) is 0 Å². The third kappa shape index (κ3) is 4.87. The van der Waals surface area contributed by atoms with Crippen molar-refractivity contribution in [1.82, 2.24) is 20.5 Å². The van der Waals surface area contributed by atoms with Crippen molar-refractivity contribution in [1.29, 1.82) is 0 Å². The molecule has 2 aromatic rings. The van der Waals surface area contributed by atoms with Gasteiger partial charge in [-0.3, -0.25) is 9.89 Å². The van der Waals surface area contributed by atoms with E-state index in [0.29, 0.717) is 18.3 Å². The Morgan fingerprint density at radius 3 is 2.71 bits per heavy atom. The number of carbonyl (C=O) groups excluding carboxylic acids is 1. The number of hydrogen-bond donors (Lipinski definition) is 2. The minimum atomic E-state index is -0.231. The standard InChI is InChI=1S/C14H18N4O2S/c1-10(21-14-16-9-17-18-14)13(19)15-7-11-3-5-12(6-4-11)8-20-2/h3-6,9-10H,7-8H2,1-2H3,(H,15,19)(H,16,17,18)/t10-/m1/s1. The molecule has 6 nitrogen and oxygen atoms in total. The Labute approximate surface area is 127 Å². The molecule has 0 aliphatic heterocycles. The molecule has 0 saturated carbocycles. The number of hydrogen-bond acceptors (Lipinski definition) is 5. The van der Waals surface area contributed by atoms with Crippen LogP contribution in [0.2, 0.25) is 0 Å². The van der Waals surface area contributed by atoms with Crippen molar-refractivity contribution in [2.24, 2.45) is 0 Å². The smallest absolute Gasteiger partial charge is 0.233 e. The van der Waals surface area contributed by atoms with Gasteiger partial charge in [-0.1, -0.05) is 36.0 Å². The fraction of sp³-hybridized carbons (Fsp3) is 0.357. The molecular formula is C14H18N4O2S. The van der Waals surface area contributed by atoms with Gasteiger partial charge in [0.15, 0.2) is 5.16 Å². The van der Waals surface area contributed by atoms with Gasteiger partial charge in [-0.25, -0.2) is 4.98 Å². The highest BCUT2D eigenvalue weighted by atomic mass is 32.2. The fourth-order valence-corrected chi connectivity index (χ4v) is 2.46. The highest BCUT2D eigenvalue weighted by Crippen LogP contribution is 2.18. The second kappa shape index (κ2) is 7.80. The number of rotatable bonds is 7. The summed E-state index contributed by atoms with van der Waals surface area (Å²) in [6.45, 7) is 2.94. The van der Waals surface area contributed by atoms with Crippen LogP contribution in [0.4, 0.5) is 0 Å². The van der Waals surface area contributed by atoms with E-state index in [1.54, 1.807) is 7.11 Å². The molecular weight excluding hydrogens is 288 g/mol. The molecule has 1 amide bonds. The highest BCUT2D eigenvalue weighted by Gasteiger charge is 2.15. The second-order valence-corrected chi connectivity index (χ2v) is 5.85. The number of amides is 1. The van der Waals surface area contributed by atoms with Crippen LogP contribution in [0, 0.1) is 0 Å². The van der Waals surface area contributed by atoms with Gasteiger partial charge < -0.3 is 10.1 Å². The monoisotopic (exact) mass is 306 g/mol. The lowest BCUT2D eigenvalue weighted by molar-refractivity contribution is -0.120. The number of carbonyl (C=O) groups is 1. The molecule has 0 saturated heterocycles. The van der Waals surface area contributed by atoms with Crippen molar-refractivity contribution in [2.75, 3.05) is 7.11 Å². The molecule has 2 N–H and O–H groups in total. The molecule has 1 aromatic carbocycles. The Hall–Kier alpha value is -1.86. The summed E-state index contributed by atoms with van der Waals surface area (Å²) < 4.78 is 5.06. The third-order valence-corrected chi connectivity index (χ3v) is 3.84. The molecule has 7 heteroatoms. The second-order valence-electron chi connectivity index (χ2n) is 4.52. The molecule has 21 heavy (non-hydrogen) atoms. The number of ether oxygens (including phenoxy) is 1. The zero-order valence-corrected chi connectivity index (χ0v) is 12.8. The van der Waals surface area contributed by atoms with Crippen LogP contribution in [0.1, 0.15) is 18.1 Å². The zero-order chi connectivity index (χ0) is 15.1. The van der Waals surface area contributed by atoms with E-state index in [1.807, 2.05) is 31.2 Å². The molecule has 0 bridgehead atoms. The van der Waals surface area contributed by atoms with Crippen molar-refractivity contribution in [3.05, 3.63) is 41.7 Å². The average molecular weight is 306 g/mol. The summed E-state index contributed by atoms with van der Waals surface area (Å²) in [5.41, 5.74) is 2.17. The maximum atomic E-state index is 12.0. The van der Waals surface area contributed by atoms with E-state index in [-0.39, 0.29) is 11.2 Å². The molecule has 1 heterocycles. The van der Waals surface area contributed by atoms with Gasteiger partial charge in [0.25, 0.3) is 0 Å². The summed E-state index contributed by atoms with van der Waals surface area (Å²) in [7, 11) is 1.67. The van der Waals surface area contributed by atoms with Crippen LogP contribution >= 0.6 is 11.8 Å². The van der Waals surface area contributed by atoms with E-state index >= 15 is 0 Å². The van der Waals surface area contributed by atoms with Crippen LogP contribution in [0.25, 0.3) is 0 Å². The van der Waals surface area contributed by atoms with Gasteiger partial charge in [0.1, 0.15) is 6.33 Å². The Balaban J connectivity index is 1.80. The van der Waals surface area contributed by atoms with E-state index < -0.39 is 0 Å². The van der Waals surface area contributed by atoms with Gasteiger partial charge in [0, 0.05) is 13.7 Å². The number of thioether (sulfide) groups is 1. The molecule has 0 unspecified atom stereocenters. The maximum Gasteiger partial charge on any atom is 0.233 e. The van der Waals surface area contributed by atoms with Crippen LogP contribution in [-0.2, 0) is 22.7 Å². The van der Waals surface area contributed by atoms with Crippen molar-refractivity contribution < 1.29 is 9.53 Å². The van der Waals surface area contributed by atoms with Gasteiger partial charge >= 0.3 is 0 Å². The zero-order valence-electron chi connectivity index (χ0n) is 12.0. The molecule has 0 fully saturated rings. The third-order valence-electron chi connectivity index (χ3n) is 2.85. The minimum absolute atomic E-state index is 0.0302. The molecule has 2 rings (SSSR count). The number of nitrogens with zero attached hydrogens (tertiary/aromatic N) is 2. The van der Waals surface area contributed by atoms with Crippen LogP contribution in [-0.4, -0.2) is 33.4 Å². The summed E-state index contributed by atoms with van der Waals surface area (Å²) in [5, 5.41) is 9.80. The predicted molar refractivity (Wildman–Crippen MR) is 80.7 cm³/mol. The van der Waals surface area contributed by atoms with Crippen molar-refractivity contribution in [2.45, 2.75) is 30.5 Å². The van der Waals surface area contributed by atoms with Gasteiger partial charge in [0.05, 0.1) is 11.9 Å². The Kier molecular flexibility index (Phi) is 5.77. The molecule has 0 aliphatic carbocycles. The Morgan fingerprint density at radius 2 is 2.10 bits per heavy atom. The molecule has 0 radical (unpaired) electrons. The first-order valence-corrected chi connectivity index (χ1v) is 7.43. The Bertz CT molecular complexity index is 557. The van der Waals surface area contributed by atoms with Gasteiger partial charge in [-0.15, -0.1) is 0 Å². The van der Waals surface area contributed by atoms with Gasteiger partial charge in [-0.05, 0) is 18.1 Å². The minimum Gasteiger partial charge on any atom is -0.380 e.